The van der Waals surface area contributed by atoms with E-state index in [2.05, 4.69) is 0 Å². The fourth-order valence-corrected chi connectivity index (χ4v) is 2.94. The minimum absolute atomic E-state index is 0.0884. The molecule has 1 aliphatic carbocycles. The molecule has 2 N–H and O–H groups in total. The Kier molecular flexibility index (Phi) is 5.23. The number of carbonyl (C=O) groups excluding carboxylic acids is 1. The van der Waals surface area contributed by atoms with Crippen LogP contribution in [-0.4, -0.2) is 24.3 Å². The zero-order valence-corrected chi connectivity index (χ0v) is 13.7. The van der Waals surface area contributed by atoms with Gasteiger partial charge in [-0.2, -0.15) is 0 Å². The molecule has 1 aliphatic heterocycles. The summed E-state index contributed by atoms with van der Waals surface area (Å²) < 4.78 is 10.9. The number of benzene rings is 2. The van der Waals surface area contributed by atoms with E-state index in [0.717, 1.165) is 5.56 Å². The third-order valence-corrected chi connectivity index (χ3v) is 4.23. The summed E-state index contributed by atoms with van der Waals surface area (Å²) in [7, 11) is 0. The van der Waals surface area contributed by atoms with Gasteiger partial charge < -0.3 is 9.47 Å². The van der Waals surface area contributed by atoms with Gasteiger partial charge in [-0.15, -0.1) is 0 Å². The van der Waals surface area contributed by atoms with Crippen molar-refractivity contribution in [1.29, 1.82) is 0 Å². The maximum Gasteiger partial charge on any atom is 0.247 e. The molecule has 5 nitrogen and oxygen atoms in total. The molecule has 1 heterocycles. The molecule has 0 aromatic heterocycles. The Bertz CT molecular complexity index is 681. The summed E-state index contributed by atoms with van der Waals surface area (Å²) in [5.41, 5.74) is 2.62. The van der Waals surface area contributed by atoms with Gasteiger partial charge in [-0.05, 0) is 30.0 Å². The van der Waals surface area contributed by atoms with Crippen LogP contribution < -0.4 is 15.0 Å². The maximum absolute atomic E-state index is 11.3. The molecule has 0 radical (unpaired) electrons. The summed E-state index contributed by atoms with van der Waals surface area (Å²) in [6.45, 7) is 0.989. The van der Waals surface area contributed by atoms with Crippen LogP contribution in [0.25, 0.3) is 0 Å². The normalized spacial score (nSPS) is 20.4. The molecule has 4 rings (SSSR count). The van der Waals surface area contributed by atoms with Crippen molar-refractivity contribution < 1.29 is 19.5 Å². The Labute approximate surface area is 145 Å². The van der Waals surface area contributed by atoms with Gasteiger partial charge in [0.2, 0.25) is 5.91 Å². The minimum Gasteiger partial charge on any atom is -0.486 e. The topological polar surface area (TPSA) is 67.8 Å². The SMILES string of the molecule is O=C(NO)C1CC1c1cc(Cl)c2c(c1)OCCO2.c1ccccc1. The summed E-state index contributed by atoms with van der Waals surface area (Å²) >= 11 is 6.13. The molecular formula is C18H18ClNO4. The standard InChI is InChI=1S/C12H12ClNO4.C6H6/c13-9-3-6(7-5-8(7)12(15)14-16)4-10-11(9)18-2-1-17-10;1-2-4-6-5-3-1/h3-4,7-8,16H,1-2,5H2,(H,14,15);1-6H. The van der Waals surface area contributed by atoms with Crippen molar-refractivity contribution in [2.24, 2.45) is 5.92 Å². The minimum atomic E-state index is -0.356. The summed E-state index contributed by atoms with van der Waals surface area (Å²) in [4.78, 5) is 11.3. The van der Waals surface area contributed by atoms with Crippen molar-refractivity contribution in [2.45, 2.75) is 12.3 Å². The zero-order valence-electron chi connectivity index (χ0n) is 12.9. The zero-order chi connectivity index (χ0) is 16.9. The van der Waals surface area contributed by atoms with E-state index >= 15 is 0 Å². The van der Waals surface area contributed by atoms with E-state index in [1.807, 2.05) is 42.5 Å². The largest absolute Gasteiger partial charge is 0.486 e. The lowest BCUT2D eigenvalue weighted by atomic mass is 10.1. The molecule has 0 saturated heterocycles. The maximum atomic E-state index is 11.3. The number of amides is 1. The first-order valence-corrected chi connectivity index (χ1v) is 8.11. The van der Waals surface area contributed by atoms with Crippen LogP contribution in [0.5, 0.6) is 11.5 Å². The quantitative estimate of drug-likeness (QED) is 0.645. The first-order valence-electron chi connectivity index (χ1n) is 7.73. The summed E-state index contributed by atoms with van der Waals surface area (Å²) in [6, 6.07) is 15.7. The Morgan fingerprint density at radius 2 is 1.71 bits per heavy atom. The Hall–Kier alpha value is -2.24. The van der Waals surface area contributed by atoms with E-state index in [9.17, 15) is 4.79 Å². The lowest BCUT2D eigenvalue weighted by Crippen LogP contribution is -2.21. The van der Waals surface area contributed by atoms with Crippen molar-refractivity contribution in [3.63, 3.8) is 0 Å². The van der Waals surface area contributed by atoms with E-state index < -0.39 is 0 Å². The molecule has 1 fully saturated rings. The Morgan fingerprint density at radius 1 is 1.08 bits per heavy atom. The fourth-order valence-electron chi connectivity index (χ4n) is 2.67. The molecule has 0 spiro atoms. The number of nitrogens with one attached hydrogen (secondary N) is 1. The van der Waals surface area contributed by atoms with Gasteiger partial charge in [-0.25, -0.2) is 5.48 Å². The number of hydrogen-bond donors (Lipinski definition) is 2. The molecule has 6 heteroatoms. The molecule has 0 bridgehead atoms. The van der Waals surface area contributed by atoms with E-state index in [4.69, 9.17) is 26.3 Å². The second-order valence-electron chi connectivity index (χ2n) is 5.61. The molecule has 2 unspecified atom stereocenters. The van der Waals surface area contributed by atoms with Gasteiger partial charge in [0, 0.05) is 5.92 Å². The highest BCUT2D eigenvalue weighted by atomic mass is 35.5. The van der Waals surface area contributed by atoms with Gasteiger partial charge in [0.05, 0.1) is 5.02 Å². The predicted molar refractivity (Wildman–Crippen MR) is 89.7 cm³/mol. The van der Waals surface area contributed by atoms with E-state index in [0.29, 0.717) is 36.2 Å². The number of hydroxylamine groups is 1. The molecule has 2 aromatic rings. The summed E-state index contributed by atoms with van der Waals surface area (Å²) in [5, 5.41) is 9.08. The number of fused-ring (bicyclic) bond motifs is 1. The van der Waals surface area contributed by atoms with Crippen LogP contribution in [0.1, 0.15) is 17.9 Å². The average molecular weight is 348 g/mol. The predicted octanol–water partition coefficient (Wildman–Crippen LogP) is 3.41. The number of hydrogen-bond acceptors (Lipinski definition) is 4. The number of ether oxygens (including phenoxy) is 2. The molecule has 126 valence electrons. The van der Waals surface area contributed by atoms with Crippen molar-refractivity contribution >= 4 is 17.5 Å². The van der Waals surface area contributed by atoms with Crippen molar-refractivity contribution in [2.75, 3.05) is 13.2 Å². The van der Waals surface area contributed by atoms with Crippen LogP contribution >= 0.6 is 11.6 Å². The van der Waals surface area contributed by atoms with Crippen molar-refractivity contribution in [1.82, 2.24) is 5.48 Å². The van der Waals surface area contributed by atoms with Crippen molar-refractivity contribution in [3.8, 4) is 11.5 Å². The monoisotopic (exact) mass is 347 g/mol. The molecule has 1 amide bonds. The number of rotatable bonds is 2. The van der Waals surface area contributed by atoms with Gasteiger partial charge in [-0.3, -0.25) is 10.0 Å². The van der Waals surface area contributed by atoms with Gasteiger partial charge in [0.15, 0.2) is 11.5 Å². The lowest BCUT2D eigenvalue weighted by molar-refractivity contribution is -0.130. The van der Waals surface area contributed by atoms with Crippen LogP contribution in [0, 0.1) is 5.92 Å². The average Bonchev–Trinajstić information content (AvgIpc) is 3.44. The highest BCUT2D eigenvalue weighted by molar-refractivity contribution is 6.32. The molecule has 2 atom stereocenters. The van der Waals surface area contributed by atoms with Gasteiger partial charge in [0.25, 0.3) is 0 Å². The second-order valence-corrected chi connectivity index (χ2v) is 6.01. The van der Waals surface area contributed by atoms with E-state index in [-0.39, 0.29) is 17.7 Å². The highest BCUT2D eigenvalue weighted by Gasteiger charge is 2.44. The molecule has 24 heavy (non-hydrogen) atoms. The molecule has 2 aliphatic rings. The van der Waals surface area contributed by atoms with Crippen LogP contribution in [0.4, 0.5) is 0 Å². The molecule has 2 aromatic carbocycles. The fraction of sp³-hybridized carbons (Fsp3) is 0.278. The third kappa shape index (κ3) is 3.80. The van der Waals surface area contributed by atoms with Crippen LogP contribution in [0.15, 0.2) is 48.5 Å². The number of halogens is 1. The van der Waals surface area contributed by atoms with Crippen LogP contribution in [0.3, 0.4) is 0 Å². The summed E-state index contributed by atoms with van der Waals surface area (Å²) in [5.74, 6) is 0.736. The van der Waals surface area contributed by atoms with Crippen LogP contribution in [-0.2, 0) is 4.79 Å². The first-order chi connectivity index (χ1) is 11.7. The molecular weight excluding hydrogens is 330 g/mol. The Morgan fingerprint density at radius 3 is 2.33 bits per heavy atom. The van der Waals surface area contributed by atoms with Gasteiger partial charge >= 0.3 is 0 Å². The first kappa shape index (κ1) is 16.6. The molecule has 1 saturated carbocycles. The van der Waals surface area contributed by atoms with E-state index in [1.54, 1.807) is 11.5 Å². The smallest absolute Gasteiger partial charge is 0.247 e. The second kappa shape index (κ2) is 7.55. The summed E-state index contributed by atoms with van der Waals surface area (Å²) in [6.07, 6.45) is 0.711. The van der Waals surface area contributed by atoms with Gasteiger partial charge in [-0.1, -0.05) is 48.0 Å². The lowest BCUT2D eigenvalue weighted by Gasteiger charge is -2.20. The van der Waals surface area contributed by atoms with E-state index in [1.165, 1.54) is 0 Å². The highest BCUT2D eigenvalue weighted by Crippen LogP contribution is 2.51. The van der Waals surface area contributed by atoms with Crippen molar-refractivity contribution in [3.05, 3.63) is 59.1 Å². The van der Waals surface area contributed by atoms with Crippen LogP contribution in [0.2, 0.25) is 5.02 Å². The Balaban J connectivity index is 0.000000238. The van der Waals surface area contributed by atoms with Gasteiger partial charge in [0.1, 0.15) is 13.2 Å². The number of carbonyl (C=O) groups is 1. The third-order valence-electron chi connectivity index (χ3n) is 3.95.